The molecular weight excluding hydrogens is 408 g/mol. The molecule has 0 radical (unpaired) electrons. The number of hydrogen-bond donors (Lipinski definition) is 2. The van der Waals surface area contributed by atoms with Crippen LogP contribution in [0, 0.1) is 0 Å². The Labute approximate surface area is 187 Å². The van der Waals surface area contributed by atoms with Crippen LogP contribution in [0.1, 0.15) is 50.6 Å². The second kappa shape index (κ2) is 9.17. The molecule has 2 fully saturated rings. The number of anilines is 1. The van der Waals surface area contributed by atoms with Crippen molar-refractivity contribution in [3.8, 4) is 11.1 Å². The number of aliphatic hydroxyl groups is 1. The van der Waals surface area contributed by atoms with E-state index in [0.29, 0.717) is 18.5 Å². The maximum absolute atomic E-state index is 9.99. The highest BCUT2D eigenvalue weighted by Gasteiger charge is 2.26. The first kappa shape index (κ1) is 21.4. The molecule has 4 heterocycles. The highest BCUT2D eigenvalue weighted by Crippen LogP contribution is 2.37. The van der Waals surface area contributed by atoms with Gasteiger partial charge in [-0.3, -0.25) is 4.68 Å². The van der Waals surface area contributed by atoms with Crippen LogP contribution in [-0.4, -0.2) is 68.1 Å². The first-order valence-electron chi connectivity index (χ1n) is 11.6. The maximum atomic E-state index is 9.99. The fourth-order valence-corrected chi connectivity index (χ4v) is 4.73. The van der Waals surface area contributed by atoms with Crippen LogP contribution in [0.2, 0.25) is 0 Å². The number of aromatic nitrogens is 5. The molecule has 5 rings (SSSR count). The molecule has 0 unspecified atom stereocenters. The van der Waals surface area contributed by atoms with Gasteiger partial charge >= 0.3 is 0 Å². The fraction of sp³-hybridized carbons (Fsp3) is 0.609. The van der Waals surface area contributed by atoms with Gasteiger partial charge in [-0.15, -0.1) is 5.10 Å². The monoisotopic (exact) mass is 440 g/mol. The molecule has 9 nitrogen and oxygen atoms in total. The minimum absolute atomic E-state index is 0.104. The average Bonchev–Trinajstić information content (AvgIpc) is 3.36. The van der Waals surface area contributed by atoms with Gasteiger partial charge < -0.3 is 19.9 Å². The minimum Gasteiger partial charge on any atom is -0.393 e. The van der Waals surface area contributed by atoms with Gasteiger partial charge in [-0.1, -0.05) is 0 Å². The fourth-order valence-electron chi connectivity index (χ4n) is 4.73. The van der Waals surface area contributed by atoms with Gasteiger partial charge in [-0.05, 0) is 45.1 Å². The summed E-state index contributed by atoms with van der Waals surface area (Å²) in [5, 5.41) is 22.7. The quantitative estimate of drug-likeness (QED) is 0.556. The van der Waals surface area contributed by atoms with Crippen molar-refractivity contribution < 1.29 is 14.6 Å². The van der Waals surface area contributed by atoms with Crippen molar-refractivity contribution in [1.82, 2.24) is 24.4 Å². The van der Waals surface area contributed by atoms with E-state index in [1.54, 1.807) is 7.11 Å². The lowest BCUT2D eigenvalue weighted by Crippen LogP contribution is -2.31. The molecule has 1 aliphatic carbocycles. The minimum atomic E-state index is -0.189. The number of hydrogen-bond acceptors (Lipinski definition) is 7. The predicted molar refractivity (Wildman–Crippen MR) is 121 cm³/mol. The van der Waals surface area contributed by atoms with Crippen molar-refractivity contribution in [3.63, 3.8) is 0 Å². The van der Waals surface area contributed by atoms with Gasteiger partial charge in [0.15, 0.2) is 0 Å². The highest BCUT2D eigenvalue weighted by atomic mass is 16.5. The Balaban J connectivity index is 1.49. The van der Waals surface area contributed by atoms with Gasteiger partial charge in [0.25, 0.3) is 0 Å². The zero-order valence-electron chi connectivity index (χ0n) is 18.8. The van der Waals surface area contributed by atoms with E-state index in [1.807, 2.05) is 28.5 Å². The van der Waals surface area contributed by atoms with E-state index in [1.165, 1.54) is 5.69 Å². The van der Waals surface area contributed by atoms with Crippen LogP contribution in [0.5, 0.6) is 0 Å². The third kappa shape index (κ3) is 4.37. The summed E-state index contributed by atoms with van der Waals surface area (Å²) < 4.78 is 14.8. The Bertz CT molecular complexity index is 1050. The lowest BCUT2D eigenvalue weighted by molar-refractivity contribution is -0.0609. The van der Waals surface area contributed by atoms with E-state index in [0.717, 1.165) is 61.9 Å². The Hall–Kier alpha value is -2.49. The lowest BCUT2D eigenvalue weighted by Gasteiger charge is -2.25. The summed E-state index contributed by atoms with van der Waals surface area (Å²) in [5.41, 5.74) is 4.28. The van der Waals surface area contributed by atoms with Crippen LogP contribution in [0.3, 0.4) is 0 Å². The number of aliphatic hydroxyl groups excluding tert-OH is 1. The highest BCUT2D eigenvalue weighted by molar-refractivity contribution is 5.81. The molecular formula is C23H32N6O3. The van der Waals surface area contributed by atoms with Crippen molar-refractivity contribution in [1.29, 1.82) is 0 Å². The van der Waals surface area contributed by atoms with E-state index in [2.05, 4.69) is 27.7 Å². The van der Waals surface area contributed by atoms with Gasteiger partial charge in [-0.2, -0.15) is 5.10 Å². The van der Waals surface area contributed by atoms with Crippen LogP contribution < -0.4 is 5.32 Å². The summed E-state index contributed by atoms with van der Waals surface area (Å²) in [6.45, 7) is 4.25. The smallest absolute Gasteiger partial charge is 0.241 e. The summed E-state index contributed by atoms with van der Waals surface area (Å²) in [5.74, 6) is 0.941. The van der Waals surface area contributed by atoms with Crippen molar-refractivity contribution in [3.05, 3.63) is 30.4 Å². The summed E-state index contributed by atoms with van der Waals surface area (Å²) in [6, 6.07) is 2.34. The van der Waals surface area contributed by atoms with Gasteiger partial charge in [0, 0.05) is 48.7 Å². The zero-order chi connectivity index (χ0) is 22.1. The second-order valence-corrected chi connectivity index (χ2v) is 9.10. The Kier molecular flexibility index (Phi) is 6.12. The number of rotatable bonds is 8. The molecule has 2 N–H and O–H groups in total. The topological polar surface area (TPSA) is 98.7 Å². The maximum Gasteiger partial charge on any atom is 0.241 e. The average molecular weight is 441 g/mol. The Morgan fingerprint density at radius 1 is 1.25 bits per heavy atom. The van der Waals surface area contributed by atoms with Crippen molar-refractivity contribution in [2.24, 2.45) is 0 Å². The van der Waals surface area contributed by atoms with E-state index in [9.17, 15) is 5.11 Å². The molecule has 1 saturated carbocycles. The number of nitrogens with one attached hydrogen (secondary N) is 1. The first-order valence-corrected chi connectivity index (χ1v) is 11.6. The van der Waals surface area contributed by atoms with Crippen LogP contribution in [0.4, 0.5) is 5.95 Å². The molecule has 3 aromatic rings. The first-order chi connectivity index (χ1) is 15.6. The standard InChI is InChI=1S/C23H32N6O3/c1-15(14-31-2)26-23-24-11-22-20(17-10-25-28(12-17)13-19-7-8-32-19)9-21(29(22)27-23)16-3-5-18(30)6-4-16/h9-12,15-16,18-19,30H,3-8,13-14H2,1-2H3,(H,26,27)/t15-,16-,18-,19-/m0/s1. The largest absolute Gasteiger partial charge is 0.393 e. The molecule has 2 atom stereocenters. The molecule has 32 heavy (non-hydrogen) atoms. The number of nitrogens with zero attached hydrogens (tertiary/aromatic N) is 5. The summed E-state index contributed by atoms with van der Waals surface area (Å²) >= 11 is 0. The molecule has 3 aromatic heterocycles. The SMILES string of the molecule is COC[C@H](C)Nc1ncc2c(-c3cnn(C[C@@H]4CCO4)c3)cc([C@H]3CC[C@H](O)CC3)n2n1. The number of fused-ring (bicyclic) bond motifs is 1. The molecule has 0 bridgehead atoms. The predicted octanol–water partition coefficient (Wildman–Crippen LogP) is 2.85. The van der Waals surface area contributed by atoms with E-state index < -0.39 is 0 Å². The van der Waals surface area contributed by atoms with Crippen molar-refractivity contribution in [2.75, 3.05) is 25.6 Å². The van der Waals surface area contributed by atoms with Crippen molar-refractivity contribution >= 4 is 11.5 Å². The van der Waals surface area contributed by atoms with Gasteiger partial charge in [0.1, 0.15) is 0 Å². The molecule has 0 spiro atoms. The molecule has 172 valence electrons. The normalized spacial score (nSPS) is 24.4. The third-order valence-electron chi connectivity index (χ3n) is 6.58. The summed E-state index contributed by atoms with van der Waals surface area (Å²) in [4.78, 5) is 4.58. The second-order valence-electron chi connectivity index (χ2n) is 9.10. The van der Waals surface area contributed by atoms with E-state index in [4.69, 9.17) is 14.6 Å². The molecule has 0 aromatic carbocycles. The van der Waals surface area contributed by atoms with Crippen LogP contribution >= 0.6 is 0 Å². The number of methoxy groups -OCH3 is 1. The lowest BCUT2D eigenvalue weighted by atomic mass is 9.85. The summed E-state index contributed by atoms with van der Waals surface area (Å²) in [6.07, 6.45) is 10.6. The van der Waals surface area contributed by atoms with Gasteiger partial charge in [-0.25, -0.2) is 9.50 Å². The van der Waals surface area contributed by atoms with Crippen molar-refractivity contribution in [2.45, 2.75) is 69.7 Å². The zero-order valence-corrected chi connectivity index (χ0v) is 18.8. The van der Waals surface area contributed by atoms with Gasteiger partial charge in [0.2, 0.25) is 5.95 Å². The van der Waals surface area contributed by atoms with E-state index >= 15 is 0 Å². The summed E-state index contributed by atoms with van der Waals surface area (Å²) in [7, 11) is 1.69. The van der Waals surface area contributed by atoms with Gasteiger partial charge in [0.05, 0.1) is 43.3 Å². The van der Waals surface area contributed by atoms with Crippen LogP contribution in [0.25, 0.3) is 16.6 Å². The van der Waals surface area contributed by atoms with Crippen LogP contribution in [-0.2, 0) is 16.0 Å². The Morgan fingerprint density at radius 2 is 2.06 bits per heavy atom. The molecule has 9 heteroatoms. The number of ether oxygens (including phenoxy) is 2. The molecule has 0 amide bonds. The van der Waals surface area contributed by atoms with E-state index in [-0.39, 0.29) is 18.2 Å². The van der Waals surface area contributed by atoms with Crippen LogP contribution in [0.15, 0.2) is 24.7 Å². The Morgan fingerprint density at radius 3 is 2.78 bits per heavy atom. The molecule has 1 saturated heterocycles. The third-order valence-corrected chi connectivity index (χ3v) is 6.58. The molecule has 2 aliphatic rings. The molecule has 1 aliphatic heterocycles.